The third kappa shape index (κ3) is 5.69. The molecule has 0 unspecified atom stereocenters. The van der Waals surface area contributed by atoms with Gasteiger partial charge in [-0.3, -0.25) is 0 Å². The highest BCUT2D eigenvalue weighted by molar-refractivity contribution is 5.87. The van der Waals surface area contributed by atoms with Crippen LogP contribution in [-0.4, -0.2) is 0 Å². The quantitative estimate of drug-likeness (QED) is 0.186. The van der Waals surface area contributed by atoms with Crippen LogP contribution in [-0.2, 0) is 0 Å². The molecule has 0 aliphatic carbocycles. The van der Waals surface area contributed by atoms with Crippen LogP contribution in [0.25, 0.3) is 44.5 Å². The molecule has 1 nitrogen and oxygen atoms in total. The summed E-state index contributed by atoms with van der Waals surface area (Å²) in [6.07, 6.45) is 0. The van der Waals surface area contributed by atoms with Gasteiger partial charge in [-0.05, 0) is 87.8 Å². The SMILES string of the molecule is Cc1ccc(-c2ccccc2-c2cccc(N(c3ccc(-c4ccccc4)cc3)c3ccc(-c4ccccc4)cc3)c2)cc1. The van der Waals surface area contributed by atoms with Crippen molar-refractivity contribution in [3.63, 3.8) is 0 Å². The maximum absolute atomic E-state index is 2.35. The first kappa shape index (κ1) is 27.2. The Labute approximate surface area is 260 Å². The van der Waals surface area contributed by atoms with Gasteiger partial charge in [0, 0.05) is 17.1 Å². The van der Waals surface area contributed by atoms with Crippen molar-refractivity contribution in [2.45, 2.75) is 6.92 Å². The fraction of sp³-hybridized carbons (Fsp3) is 0.0233. The number of hydrogen-bond acceptors (Lipinski definition) is 1. The van der Waals surface area contributed by atoms with Gasteiger partial charge in [-0.15, -0.1) is 0 Å². The molecule has 0 amide bonds. The molecule has 0 radical (unpaired) electrons. The second-order valence-electron chi connectivity index (χ2n) is 11.1. The van der Waals surface area contributed by atoms with Crippen LogP contribution in [0.3, 0.4) is 0 Å². The molecule has 0 aromatic heterocycles. The summed E-state index contributed by atoms with van der Waals surface area (Å²) >= 11 is 0. The fourth-order valence-electron chi connectivity index (χ4n) is 5.85. The fourth-order valence-corrected chi connectivity index (χ4v) is 5.85. The zero-order valence-electron chi connectivity index (χ0n) is 24.8. The van der Waals surface area contributed by atoms with Crippen molar-refractivity contribution in [1.29, 1.82) is 0 Å². The molecule has 1 heteroatoms. The van der Waals surface area contributed by atoms with E-state index < -0.39 is 0 Å². The number of rotatable bonds is 7. The van der Waals surface area contributed by atoms with E-state index in [1.807, 2.05) is 0 Å². The lowest BCUT2D eigenvalue weighted by molar-refractivity contribution is 1.28. The van der Waals surface area contributed by atoms with E-state index in [1.165, 1.54) is 50.1 Å². The molecule has 0 aliphatic rings. The molecule has 0 aliphatic heterocycles. The molecule has 0 fully saturated rings. The largest absolute Gasteiger partial charge is 0.310 e. The van der Waals surface area contributed by atoms with Crippen LogP contribution in [0, 0.1) is 6.92 Å². The second-order valence-corrected chi connectivity index (χ2v) is 11.1. The molecule has 0 saturated carbocycles. The Kier molecular flexibility index (Phi) is 7.60. The van der Waals surface area contributed by atoms with Crippen LogP contribution in [0.2, 0.25) is 0 Å². The highest BCUT2D eigenvalue weighted by atomic mass is 15.1. The Morgan fingerprint density at radius 3 is 1.23 bits per heavy atom. The van der Waals surface area contributed by atoms with E-state index in [-0.39, 0.29) is 0 Å². The molecular formula is C43H33N. The minimum atomic E-state index is 1.11. The molecule has 0 spiro atoms. The monoisotopic (exact) mass is 563 g/mol. The van der Waals surface area contributed by atoms with Crippen LogP contribution in [0.1, 0.15) is 5.56 Å². The minimum Gasteiger partial charge on any atom is -0.310 e. The van der Waals surface area contributed by atoms with Gasteiger partial charge in [0.25, 0.3) is 0 Å². The summed E-state index contributed by atoms with van der Waals surface area (Å²) in [7, 11) is 0. The lowest BCUT2D eigenvalue weighted by Crippen LogP contribution is -2.10. The Morgan fingerprint density at radius 1 is 0.295 bits per heavy atom. The summed E-state index contributed by atoms with van der Waals surface area (Å²) < 4.78 is 0. The van der Waals surface area contributed by atoms with Gasteiger partial charge in [0.2, 0.25) is 0 Å². The van der Waals surface area contributed by atoms with E-state index in [2.05, 4.69) is 194 Å². The van der Waals surface area contributed by atoms with Crippen LogP contribution in [0.15, 0.2) is 182 Å². The van der Waals surface area contributed by atoms with Gasteiger partial charge in [-0.2, -0.15) is 0 Å². The number of anilines is 3. The lowest BCUT2D eigenvalue weighted by Gasteiger charge is -2.26. The standard InChI is InChI=1S/C43H33N/c1-32-19-21-37(22-20-32)42-17-8-9-18-43(42)38-15-10-16-41(31-38)44(39-27-23-35(24-28-39)33-11-4-2-5-12-33)40-29-25-36(26-30-40)34-13-6-3-7-14-34/h2-31H,1H3. The maximum Gasteiger partial charge on any atom is 0.0467 e. The molecule has 0 atom stereocenters. The van der Waals surface area contributed by atoms with Gasteiger partial charge in [-0.1, -0.05) is 151 Å². The molecule has 7 aromatic rings. The highest BCUT2D eigenvalue weighted by Crippen LogP contribution is 2.40. The first-order valence-electron chi connectivity index (χ1n) is 15.1. The highest BCUT2D eigenvalue weighted by Gasteiger charge is 2.15. The third-order valence-electron chi connectivity index (χ3n) is 8.17. The Hall–Kier alpha value is -5.66. The van der Waals surface area contributed by atoms with E-state index in [1.54, 1.807) is 0 Å². The zero-order chi connectivity index (χ0) is 29.7. The molecule has 0 saturated heterocycles. The summed E-state index contributed by atoms with van der Waals surface area (Å²) in [5.74, 6) is 0. The maximum atomic E-state index is 2.35. The molecular weight excluding hydrogens is 530 g/mol. The summed E-state index contributed by atoms with van der Waals surface area (Å²) in [6.45, 7) is 2.13. The van der Waals surface area contributed by atoms with Crippen LogP contribution < -0.4 is 4.90 Å². The third-order valence-corrected chi connectivity index (χ3v) is 8.17. The zero-order valence-corrected chi connectivity index (χ0v) is 24.8. The Balaban J connectivity index is 1.32. The molecule has 0 bridgehead atoms. The first-order valence-corrected chi connectivity index (χ1v) is 15.1. The van der Waals surface area contributed by atoms with Crippen molar-refractivity contribution in [2.24, 2.45) is 0 Å². The van der Waals surface area contributed by atoms with Crippen molar-refractivity contribution in [1.82, 2.24) is 0 Å². The molecule has 7 aromatic carbocycles. The second kappa shape index (κ2) is 12.3. The van der Waals surface area contributed by atoms with Gasteiger partial charge < -0.3 is 4.90 Å². The molecule has 0 N–H and O–H groups in total. The average Bonchev–Trinajstić information content (AvgIpc) is 3.10. The van der Waals surface area contributed by atoms with Gasteiger partial charge in [0.05, 0.1) is 0 Å². The lowest BCUT2D eigenvalue weighted by atomic mass is 9.94. The Morgan fingerprint density at radius 2 is 0.705 bits per heavy atom. The molecule has 210 valence electrons. The Bertz CT molecular complexity index is 1890. The molecule has 44 heavy (non-hydrogen) atoms. The van der Waals surface area contributed by atoms with Crippen molar-refractivity contribution in [2.75, 3.05) is 4.90 Å². The van der Waals surface area contributed by atoms with Crippen molar-refractivity contribution in [3.8, 4) is 44.5 Å². The molecule has 7 rings (SSSR count). The van der Waals surface area contributed by atoms with Crippen molar-refractivity contribution in [3.05, 3.63) is 188 Å². The van der Waals surface area contributed by atoms with Crippen LogP contribution in [0.4, 0.5) is 17.1 Å². The summed E-state index contributed by atoms with van der Waals surface area (Å²) in [6, 6.07) is 65.2. The van der Waals surface area contributed by atoms with Gasteiger partial charge in [-0.25, -0.2) is 0 Å². The van der Waals surface area contributed by atoms with Crippen LogP contribution in [0.5, 0.6) is 0 Å². The van der Waals surface area contributed by atoms with E-state index >= 15 is 0 Å². The van der Waals surface area contributed by atoms with Crippen molar-refractivity contribution >= 4 is 17.1 Å². The average molecular weight is 564 g/mol. The van der Waals surface area contributed by atoms with E-state index in [4.69, 9.17) is 0 Å². The number of hydrogen-bond donors (Lipinski definition) is 0. The molecule has 0 heterocycles. The summed E-state index contributed by atoms with van der Waals surface area (Å²) in [5.41, 5.74) is 14.3. The van der Waals surface area contributed by atoms with Crippen LogP contribution >= 0.6 is 0 Å². The number of aryl methyl sites for hydroxylation is 1. The van der Waals surface area contributed by atoms with Gasteiger partial charge >= 0.3 is 0 Å². The predicted octanol–water partition coefficient (Wildman–Crippen LogP) is 12.1. The smallest absolute Gasteiger partial charge is 0.0467 e. The van der Waals surface area contributed by atoms with E-state index in [0.29, 0.717) is 0 Å². The van der Waals surface area contributed by atoms with E-state index in [9.17, 15) is 0 Å². The predicted molar refractivity (Wildman–Crippen MR) is 188 cm³/mol. The van der Waals surface area contributed by atoms with Gasteiger partial charge in [0.15, 0.2) is 0 Å². The van der Waals surface area contributed by atoms with Crippen molar-refractivity contribution < 1.29 is 0 Å². The first-order chi connectivity index (χ1) is 21.7. The minimum absolute atomic E-state index is 1.11. The number of benzene rings is 7. The number of nitrogens with zero attached hydrogens (tertiary/aromatic N) is 1. The topological polar surface area (TPSA) is 3.24 Å². The summed E-state index contributed by atoms with van der Waals surface area (Å²) in [4.78, 5) is 2.35. The normalized spacial score (nSPS) is 10.8. The summed E-state index contributed by atoms with van der Waals surface area (Å²) in [5, 5.41) is 0. The van der Waals surface area contributed by atoms with Gasteiger partial charge in [0.1, 0.15) is 0 Å². The van der Waals surface area contributed by atoms with E-state index in [0.717, 1.165) is 17.1 Å².